The molecule has 4 heteroatoms. The summed E-state index contributed by atoms with van der Waals surface area (Å²) in [6.07, 6.45) is 0.629. The molecule has 0 bridgehead atoms. The van der Waals surface area contributed by atoms with E-state index in [-0.39, 0.29) is 5.82 Å². The molecule has 0 atom stereocenters. The third-order valence-corrected chi connectivity index (χ3v) is 3.80. The number of rotatable bonds is 4. The second kappa shape index (κ2) is 6.37. The van der Waals surface area contributed by atoms with Crippen LogP contribution >= 0.6 is 0 Å². The number of hydrogen-bond donors (Lipinski definition) is 1. The van der Waals surface area contributed by atoms with E-state index in [9.17, 15) is 9.65 Å². The zero-order valence-electron chi connectivity index (χ0n) is 12.5. The molecular formula is C19H16FN3. The van der Waals surface area contributed by atoms with Gasteiger partial charge in [-0.05, 0) is 29.3 Å². The zero-order chi connectivity index (χ0) is 16.2. The maximum absolute atomic E-state index is 13.4. The summed E-state index contributed by atoms with van der Waals surface area (Å²) >= 11 is 0. The van der Waals surface area contributed by atoms with Crippen molar-refractivity contribution < 1.29 is 4.39 Å². The van der Waals surface area contributed by atoms with Crippen LogP contribution in [0.25, 0.3) is 0 Å². The molecule has 0 spiro atoms. The van der Waals surface area contributed by atoms with Gasteiger partial charge in [-0.2, -0.15) is 5.26 Å². The molecule has 1 heterocycles. The number of nitriles is 1. The van der Waals surface area contributed by atoms with E-state index in [0.29, 0.717) is 24.3 Å². The molecule has 0 saturated carbocycles. The molecule has 1 aromatic heterocycles. The minimum Gasteiger partial charge on any atom is -0.397 e. The highest BCUT2D eigenvalue weighted by Gasteiger charge is 2.14. The molecule has 0 aliphatic rings. The van der Waals surface area contributed by atoms with Crippen LogP contribution in [0.4, 0.5) is 10.1 Å². The minimum absolute atomic E-state index is 0.286. The largest absolute Gasteiger partial charge is 0.397 e. The molecule has 0 aliphatic carbocycles. The molecule has 3 rings (SSSR count). The minimum atomic E-state index is -0.286. The summed E-state index contributed by atoms with van der Waals surface area (Å²) in [5, 5.41) is 9.35. The lowest BCUT2D eigenvalue weighted by atomic mass is 10.1. The van der Waals surface area contributed by atoms with Gasteiger partial charge in [-0.25, -0.2) is 4.39 Å². The first kappa shape index (κ1) is 14.9. The van der Waals surface area contributed by atoms with Crippen molar-refractivity contribution >= 4 is 5.69 Å². The summed E-state index contributed by atoms with van der Waals surface area (Å²) in [7, 11) is 0. The molecule has 0 radical (unpaired) electrons. The Balaban J connectivity index is 1.99. The molecule has 0 amide bonds. The maximum atomic E-state index is 13.4. The van der Waals surface area contributed by atoms with Crippen LogP contribution in [-0.4, -0.2) is 4.57 Å². The van der Waals surface area contributed by atoms with Crippen LogP contribution in [0.1, 0.15) is 22.5 Å². The third kappa shape index (κ3) is 3.24. The van der Waals surface area contributed by atoms with E-state index < -0.39 is 0 Å². The summed E-state index contributed by atoms with van der Waals surface area (Å²) in [6, 6.07) is 20.2. The van der Waals surface area contributed by atoms with Gasteiger partial charge in [0.15, 0.2) is 0 Å². The highest BCUT2D eigenvalue weighted by Crippen LogP contribution is 2.23. The number of nitrogens with two attached hydrogens (primary N) is 1. The molecule has 2 aromatic carbocycles. The quantitative estimate of drug-likeness (QED) is 0.798. The van der Waals surface area contributed by atoms with E-state index in [0.717, 1.165) is 16.8 Å². The summed E-state index contributed by atoms with van der Waals surface area (Å²) in [5.41, 5.74) is 9.96. The molecule has 0 aliphatic heterocycles. The van der Waals surface area contributed by atoms with E-state index in [1.807, 2.05) is 41.0 Å². The fourth-order valence-corrected chi connectivity index (χ4v) is 2.69. The standard InChI is InChI=1S/C19H16FN3/c20-16-8-4-7-15(9-16)13-23-17(12-21)11-18(22)19(23)10-14-5-2-1-3-6-14/h1-9,11H,10,13,22H2. The van der Waals surface area contributed by atoms with Crippen LogP contribution in [0, 0.1) is 17.1 Å². The molecule has 23 heavy (non-hydrogen) atoms. The second-order valence-electron chi connectivity index (χ2n) is 5.42. The Morgan fingerprint density at radius 1 is 1.00 bits per heavy atom. The van der Waals surface area contributed by atoms with Crippen molar-refractivity contribution in [2.75, 3.05) is 5.73 Å². The van der Waals surface area contributed by atoms with Gasteiger partial charge >= 0.3 is 0 Å². The number of nitrogens with zero attached hydrogens (tertiary/aromatic N) is 2. The third-order valence-electron chi connectivity index (χ3n) is 3.80. The van der Waals surface area contributed by atoms with E-state index in [2.05, 4.69) is 6.07 Å². The van der Waals surface area contributed by atoms with Crippen molar-refractivity contribution in [3.05, 3.63) is 89.0 Å². The smallest absolute Gasteiger partial charge is 0.123 e. The normalized spacial score (nSPS) is 10.4. The summed E-state index contributed by atoms with van der Waals surface area (Å²) < 4.78 is 15.3. The van der Waals surface area contributed by atoms with Gasteiger partial charge < -0.3 is 10.3 Å². The topological polar surface area (TPSA) is 54.7 Å². The lowest BCUT2D eigenvalue weighted by Crippen LogP contribution is -2.08. The first-order valence-corrected chi connectivity index (χ1v) is 7.33. The number of nitrogen functional groups attached to an aromatic ring is 1. The maximum Gasteiger partial charge on any atom is 0.123 e. The van der Waals surface area contributed by atoms with E-state index in [1.54, 1.807) is 12.1 Å². The average molecular weight is 305 g/mol. The highest BCUT2D eigenvalue weighted by atomic mass is 19.1. The number of anilines is 1. The summed E-state index contributed by atoms with van der Waals surface area (Å²) in [4.78, 5) is 0. The molecule has 2 N–H and O–H groups in total. The Hall–Kier alpha value is -3.06. The van der Waals surface area contributed by atoms with Gasteiger partial charge in [-0.3, -0.25) is 0 Å². The van der Waals surface area contributed by atoms with E-state index >= 15 is 0 Å². The van der Waals surface area contributed by atoms with Crippen molar-refractivity contribution in [3.8, 4) is 6.07 Å². The van der Waals surface area contributed by atoms with E-state index in [4.69, 9.17) is 5.73 Å². The van der Waals surface area contributed by atoms with Gasteiger partial charge in [0.05, 0.1) is 5.69 Å². The van der Waals surface area contributed by atoms with Crippen LogP contribution in [-0.2, 0) is 13.0 Å². The molecule has 3 nitrogen and oxygen atoms in total. The van der Waals surface area contributed by atoms with Crippen LogP contribution < -0.4 is 5.73 Å². The molecule has 0 saturated heterocycles. The van der Waals surface area contributed by atoms with E-state index in [1.165, 1.54) is 12.1 Å². The lowest BCUT2D eigenvalue weighted by molar-refractivity contribution is 0.622. The molecule has 114 valence electrons. The molecule has 0 fully saturated rings. The molecule has 3 aromatic rings. The number of benzene rings is 2. The second-order valence-corrected chi connectivity index (χ2v) is 5.42. The molecule has 0 unspecified atom stereocenters. The van der Waals surface area contributed by atoms with Crippen LogP contribution in [0.3, 0.4) is 0 Å². The monoisotopic (exact) mass is 305 g/mol. The van der Waals surface area contributed by atoms with Crippen molar-refractivity contribution in [1.29, 1.82) is 5.26 Å². The van der Waals surface area contributed by atoms with Gasteiger partial charge in [0.1, 0.15) is 17.6 Å². The van der Waals surface area contributed by atoms with Crippen LogP contribution in [0.15, 0.2) is 60.7 Å². The Bertz CT molecular complexity index is 860. The van der Waals surface area contributed by atoms with Gasteiger partial charge in [0.25, 0.3) is 0 Å². The molecular weight excluding hydrogens is 289 g/mol. The number of halogens is 1. The van der Waals surface area contributed by atoms with Crippen LogP contribution in [0.5, 0.6) is 0 Å². The number of aromatic nitrogens is 1. The van der Waals surface area contributed by atoms with Crippen molar-refractivity contribution in [2.24, 2.45) is 0 Å². The van der Waals surface area contributed by atoms with Gasteiger partial charge in [-0.1, -0.05) is 42.5 Å². The summed E-state index contributed by atoms with van der Waals surface area (Å²) in [6.45, 7) is 0.417. The van der Waals surface area contributed by atoms with Crippen molar-refractivity contribution in [2.45, 2.75) is 13.0 Å². The highest BCUT2D eigenvalue weighted by molar-refractivity contribution is 5.52. The predicted molar refractivity (Wildman–Crippen MR) is 88.3 cm³/mol. The SMILES string of the molecule is N#Cc1cc(N)c(Cc2ccccc2)n1Cc1cccc(F)c1. The Morgan fingerprint density at radius 3 is 2.43 bits per heavy atom. The predicted octanol–water partition coefficient (Wildman–Crippen LogP) is 3.72. The Labute approximate surface area is 134 Å². The average Bonchev–Trinajstić information content (AvgIpc) is 2.84. The van der Waals surface area contributed by atoms with Gasteiger partial charge in [0.2, 0.25) is 0 Å². The van der Waals surface area contributed by atoms with Crippen molar-refractivity contribution in [3.63, 3.8) is 0 Å². The summed E-state index contributed by atoms with van der Waals surface area (Å²) in [5.74, 6) is -0.286. The van der Waals surface area contributed by atoms with Gasteiger partial charge in [-0.15, -0.1) is 0 Å². The number of hydrogen-bond acceptors (Lipinski definition) is 2. The first-order chi connectivity index (χ1) is 11.2. The Kier molecular flexibility index (Phi) is 4.11. The van der Waals surface area contributed by atoms with Gasteiger partial charge in [0, 0.05) is 18.7 Å². The fraction of sp³-hybridized carbons (Fsp3) is 0.105. The Morgan fingerprint density at radius 2 is 1.74 bits per heavy atom. The zero-order valence-corrected chi connectivity index (χ0v) is 12.5. The van der Waals surface area contributed by atoms with Crippen LogP contribution in [0.2, 0.25) is 0 Å². The van der Waals surface area contributed by atoms with Crippen molar-refractivity contribution in [1.82, 2.24) is 4.57 Å². The lowest BCUT2D eigenvalue weighted by Gasteiger charge is -2.12. The fourth-order valence-electron chi connectivity index (χ4n) is 2.69. The first-order valence-electron chi connectivity index (χ1n) is 7.33.